The van der Waals surface area contributed by atoms with E-state index in [1.54, 1.807) is 0 Å². The van der Waals surface area contributed by atoms with Crippen molar-refractivity contribution in [3.8, 4) is 0 Å². The number of amides is 1. The van der Waals surface area contributed by atoms with E-state index < -0.39 is 0 Å². The van der Waals surface area contributed by atoms with Gasteiger partial charge in [0.2, 0.25) is 5.91 Å². The Balaban J connectivity index is 2.37. The number of alkyl halides is 1. The van der Waals surface area contributed by atoms with Crippen LogP contribution in [0.25, 0.3) is 0 Å². The molecule has 1 atom stereocenters. The lowest BCUT2D eigenvalue weighted by Crippen LogP contribution is -2.40. The lowest BCUT2D eigenvalue weighted by Gasteiger charge is -2.30. The molecule has 1 saturated heterocycles. The Kier molecular flexibility index (Phi) is 4.04. The van der Waals surface area contributed by atoms with Crippen LogP contribution in [0.4, 0.5) is 0 Å². The third kappa shape index (κ3) is 3.55. The maximum absolute atomic E-state index is 11.6. The predicted molar refractivity (Wildman–Crippen MR) is 54.9 cm³/mol. The highest BCUT2D eigenvalue weighted by molar-refractivity contribution is 6.20. The molecule has 0 aliphatic carbocycles. The summed E-state index contributed by atoms with van der Waals surface area (Å²) in [5.74, 6) is 0.712. The van der Waals surface area contributed by atoms with Crippen molar-refractivity contribution < 1.29 is 4.79 Å². The Hall–Kier alpha value is -0.240. The van der Waals surface area contributed by atoms with Gasteiger partial charge in [0.15, 0.2) is 0 Å². The number of hydrogen-bond donors (Lipinski definition) is 0. The Labute approximate surface area is 85.2 Å². The first-order valence-corrected chi connectivity index (χ1v) is 5.45. The molecule has 76 valence electrons. The average Bonchev–Trinajstić information content (AvgIpc) is 2.03. The van der Waals surface area contributed by atoms with Gasteiger partial charge in [-0.15, -0.1) is 11.6 Å². The highest BCUT2D eigenvalue weighted by atomic mass is 35.5. The molecule has 1 aliphatic heterocycles. The molecule has 0 N–H and O–H groups in total. The van der Waals surface area contributed by atoms with Gasteiger partial charge >= 0.3 is 0 Å². The lowest BCUT2D eigenvalue weighted by atomic mass is 10.1. The fraction of sp³-hybridized carbons (Fsp3) is 0.900. The Bertz CT molecular complexity index is 182. The molecule has 0 aromatic carbocycles. The molecule has 1 amide bonds. The van der Waals surface area contributed by atoms with Gasteiger partial charge in [-0.1, -0.05) is 13.8 Å². The molecular weight excluding hydrogens is 186 g/mol. The van der Waals surface area contributed by atoms with E-state index in [9.17, 15) is 4.79 Å². The minimum absolute atomic E-state index is 0.171. The Morgan fingerprint density at radius 1 is 1.62 bits per heavy atom. The highest BCUT2D eigenvalue weighted by Gasteiger charge is 2.22. The molecule has 3 heteroatoms. The van der Waals surface area contributed by atoms with Gasteiger partial charge < -0.3 is 4.90 Å². The monoisotopic (exact) mass is 203 g/mol. The van der Waals surface area contributed by atoms with Crippen LogP contribution in [0, 0.1) is 5.92 Å². The Morgan fingerprint density at radius 3 is 2.85 bits per heavy atom. The number of likely N-dealkylation sites (tertiary alicyclic amines) is 1. The van der Waals surface area contributed by atoms with Gasteiger partial charge in [-0.3, -0.25) is 4.79 Å². The van der Waals surface area contributed by atoms with Crippen LogP contribution >= 0.6 is 11.6 Å². The fourth-order valence-corrected chi connectivity index (χ4v) is 1.95. The summed E-state index contributed by atoms with van der Waals surface area (Å²) in [4.78, 5) is 13.5. The Morgan fingerprint density at radius 2 is 2.31 bits per heavy atom. The van der Waals surface area contributed by atoms with Crippen LogP contribution in [0.5, 0.6) is 0 Å². The van der Waals surface area contributed by atoms with Crippen molar-refractivity contribution in [3.05, 3.63) is 0 Å². The van der Waals surface area contributed by atoms with Crippen molar-refractivity contribution in [2.45, 2.75) is 38.5 Å². The number of nitrogens with zero attached hydrogens (tertiary/aromatic N) is 1. The smallest absolute Gasteiger partial charge is 0.222 e. The first-order chi connectivity index (χ1) is 6.09. The van der Waals surface area contributed by atoms with Crippen LogP contribution in [0.15, 0.2) is 0 Å². The third-order valence-electron chi connectivity index (χ3n) is 2.30. The normalized spacial score (nSPS) is 23.7. The quantitative estimate of drug-likeness (QED) is 0.631. The molecule has 0 aromatic rings. The molecule has 1 heterocycles. The zero-order chi connectivity index (χ0) is 9.84. The minimum Gasteiger partial charge on any atom is -0.341 e. The molecule has 1 rings (SSSR count). The van der Waals surface area contributed by atoms with Crippen molar-refractivity contribution in [1.82, 2.24) is 4.90 Å². The van der Waals surface area contributed by atoms with E-state index in [0.717, 1.165) is 25.9 Å². The molecule has 0 spiro atoms. The number of piperidine rings is 1. The summed E-state index contributed by atoms with van der Waals surface area (Å²) < 4.78 is 0. The first-order valence-electron chi connectivity index (χ1n) is 5.01. The van der Waals surface area contributed by atoms with Crippen molar-refractivity contribution in [2.75, 3.05) is 13.1 Å². The zero-order valence-electron chi connectivity index (χ0n) is 8.42. The maximum Gasteiger partial charge on any atom is 0.222 e. The largest absolute Gasteiger partial charge is 0.341 e. The number of hydrogen-bond acceptors (Lipinski definition) is 1. The number of rotatable bonds is 2. The SMILES string of the molecule is CC(C)CC(=O)N1CCCC(Cl)C1. The average molecular weight is 204 g/mol. The summed E-state index contributed by atoms with van der Waals surface area (Å²) in [7, 11) is 0. The molecule has 1 unspecified atom stereocenters. The second kappa shape index (κ2) is 4.85. The lowest BCUT2D eigenvalue weighted by molar-refractivity contribution is -0.132. The fourth-order valence-electron chi connectivity index (χ4n) is 1.63. The summed E-state index contributed by atoms with van der Waals surface area (Å²) >= 11 is 6.00. The van der Waals surface area contributed by atoms with E-state index in [4.69, 9.17) is 11.6 Å². The van der Waals surface area contributed by atoms with E-state index in [2.05, 4.69) is 13.8 Å². The number of carbonyl (C=O) groups is 1. The van der Waals surface area contributed by atoms with E-state index in [0.29, 0.717) is 12.3 Å². The van der Waals surface area contributed by atoms with Gasteiger partial charge in [0, 0.05) is 19.5 Å². The summed E-state index contributed by atoms with van der Waals surface area (Å²) in [6.45, 7) is 5.78. The first kappa shape index (κ1) is 10.8. The van der Waals surface area contributed by atoms with Gasteiger partial charge in [-0.2, -0.15) is 0 Å². The summed E-state index contributed by atoms with van der Waals surface area (Å²) in [6.07, 6.45) is 2.76. The molecule has 1 fully saturated rings. The summed E-state index contributed by atoms with van der Waals surface area (Å²) in [6, 6.07) is 0. The van der Waals surface area contributed by atoms with E-state index in [-0.39, 0.29) is 11.3 Å². The van der Waals surface area contributed by atoms with Crippen LogP contribution in [0.2, 0.25) is 0 Å². The zero-order valence-corrected chi connectivity index (χ0v) is 9.18. The molecule has 0 bridgehead atoms. The van der Waals surface area contributed by atoms with Crippen LogP contribution < -0.4 is 0 Å². The van der Waals surface area contributed by atoms with E-state index >= 15 is 0 Å². The molecule has 0 radical (unpaired) electrons. The third-order valence-corrected chi connectivity index (χ3v) is 2.66. The topological polar surface area (TPSA) is 20.3 Å². The highest BCUT2D eigenvalue weighted by Crippen LogP contribution is 2.16. The van der Waals surface area contributed by atoms with Gasteiger partial charge in [-0.25, -0.2) is 0 Å². The molecule has 0 saturated carbocycles. The second-order valence-corrected chi connectivity index (χ2v) is 4.79. The van der Waals surface area contributed by atoms with Gasteiger partial charge in [0.1, 0.15) is 0 Å². The van der Waals surface area contributed by atoms with Crippen LogP contribution in [-0.4, -0.2) is 29.3 Å². The predicted octanol–water partition coefficient (Wildman–Crippen LogP) is 2.26. The van der Waals surface area contributed by atoms with Crippen molar-refractivity contribution in [3.63, 3.8) is 0 Å². The second-order valence-electron chi connectivity index (χ2n) is 4.18. The molecule has 2 nitrogen and oxygen atoms in total. The van der Waals surface area contributed by atoms with Gasteiger partial charge in [-0.05, 0) is 18.8 Å². The molecule has 13 heavy (non-hydrogen) atoms. The van der Waals surface area contributed by atoms with Crippen LogP contribution in [0.1, 0.15) is 33.1 Å². The number of carbonyl (C=O) groups excluding carboxylic acids is 1. The number of halogens is 1. The maximum atomic E-state index is 11.6. The van der Waals surface area contributed by atoms with E-state index in [1.807, 2.05) is 4.90 Å². The minimum atomic E-state index is 0.171. The standard InChI is InChI=1S/C10H18ClNO/c1-8(2)6-10(13)12-5-3-4-9(11)7-12/h8-9H,3-7H2,1-2H3. The van der Waals surface area contributed by atoms with Gasteiger partial charge in [0.25, 0.3) is 0 Å². The van der Waals surface area contributed by atoms with Crippen LogP contribution in [0.3, 0.4) is 0 Å². The summed E-state index contributed by atoms with van der Waals surface area (Å²) in [5.41, 5.74) is 0. The molecular formula is C10H18ClNO. The van der Waals surface area contributed by atoms with Crippen molar-refractivity contribution >= 4 is 17.5 Å². The van der Waals surface area contributed by atoms with Crippen molar-refractivity contribution in [2.24, 2.45) is 5.92 Å². The van der Waals surface area contributed by atoms with Crippen molar-refractivity contribution in [1.29, 1.82) is 0 Å². The molecule has 1 aliphatic rings. The molecule has 0 aromatic heterocycles. The van der Waals surface area contributed by atoms with Gasteiger partial charge in [0.05, 0.1) is 5.38 Å². The van der Waals surface area contributed by atoms with E-state index in [1.165, 1.54) is 0 Å². The van der Waals surface area contributed by atoms with Crippen LogP contribution in [-0.2, 0) is 4.79 Å². The summed E-state index contributed by atoms with van der Waals surface area (Å²) in [5, 5.41) is 0.171.